The first-order valence-electron chi connectivity index (χ1n) is 6.13. The van der Waals surface area contributed by atoms with Gasteiger partial charge in [-0.2, -0.15) is 8.78 Å². The Balaban J connectivity index is 2.22. The van der Waals surface area contributed by atoms with Crippen molar-refractivity contribution in [2.75, 3.05) is 4.90 Å². The second-order valence-corrected chi connectivity index (χ2v) is 6.28. The summed E-state index contributed by atoms with van der Waals surface area (Å²) in [7, 11) is 0. The monoisotopic (exact) mass is 312 g/mol. The number of alkyl halides is 2. The van der Waals surface area contributed by atoms with Crippen LogP contribution in [0.25, 0.3) is 0 Å². The molecule has 1 aliphatic rings. The predicted molar refractivity (Wildman–Crippen MR) is 77.5 cm³/mol. The van der Waals surface area contributed by atoms with Gasteiger partial charge >= 0.3 is 11.3 Å². The summed E-state index contributed by atoms with van der Waals surface area (Å²) in [4.78, 5) is 25.2. The van der Waals surface area contributed by atoms with Crippen LogP contribution in [0, 0.1) is 0 Å². The maximum Gasteiger partial charge on any atom is 0.329 e. The van der Waals surface area contributed by atoms with Gasteiger partial charge in [0.15, 0.2) is 0 Å². The first kappa shape index (κ1) is 15.5. The summed E-state index contributed by atoms with van der Waals surface area (Å²) in [6.07, 6.45) is 0.561. The first-order chi connectivity index (χ1) is 9.66. The van der Waals surface area contributed by atoms with E-state index in [9.17, 15) is 18.4 Å². The number of amides is 3. The van der Waals surface area contributed by atoms with Crippen molar-refractivity contribution in [1.82, 2.24) is 5.32 Å². The largest absolute Gasteiger partial charge is 0.329 e. The topological polar surface area (TPSA) is 49.4 Å². The summed E-state index contributed by atoms with van der Waals surface area (Å²) in [5.41, 5.74) is -0.630. The Hall–Kier alpha value is -1.89. The van der Waals surface area contributed by atoms with E-state index in [0.717, 1.165) is 4.90 Å². The van der Waals surface area contributed by atoms with E-state index in [0.29, 0.717) is 28.4 Å². The van der Waals surface area contributed by atoms with Crippen LogP contribution in [0.2, 0.25) is 0 Å². The van der Waals surface area contributed by atoms with E-state index in [1.54, 1.807) is 13.8 Å². The third kappa shape index (κ3) is 3.07. The molecule has 1 heterocycles. The van der Waals surface area contributed by atoms with Crippen LogP contribution in [-0.2, 0) is 4.79 Å². The summed E-state index contributed by atoms with van der Waals surface area (Å²) < 4.78 is 26.4. The third-order valence-electron chi connectivity index (χ3n) is 2.95. The minimum absolute atomic E-state index is 0.315. The average Bonchev–Trinajstić information content (AvgIpc) is 2.59. The van der Waals surface area contributed by atoms with Crippen molar-refractivity contribution in [2.45, 2.75) is 29.5 Å². The quantitative estimate of drug-likeness (QED) is 0.527. The highest BCUT2D eigenvalue weighted by Gasteiger charge is 2.45. The molecule has 4 nitrogen and oxygen atoms in total. The molecule has 7 heteroatoms. The van der Waals surface area contributed by atoms with Crippen LogP contribution >= 0.6 is 11.8 Å². The zero-order valence-electron chi connectivity index (χ0n) is 11.5. The fraction of sp³-hybridized carbons (Fsp3) is 0.286. The molecule has 1 aliphatic heterocycles. The number of anilines is 1. The SMILES string of the molecule is C=CC(F)(F)Sc1ccc(N2C(=O)NC(C)(C)C2=O)cc1. The highest BCUT2D eigenvalue weighted by atomic mass is 32.2. The number of nitrogens with one attached hydrogen (secondary N) is 1. The Morgan fingerprint density at radius 1 is 1.29 bits per heavy atom. The molecule has 112 valence electrons. The fourth-order valence-electron chi connectivity index (χ4n) is 1.84. The Morgan fingerprint density at radius 2 is 1.86 bits per heavy atom. The number of carbonyl (C=O) groups is 2. The highest BCUT2D eigenvalue weighted by Crippen LogP contribution is 2.37. The normalized spacial score (nSPS) is 17.8. The van der Waals surface area contributed by atoms with Gasteiger partial charge in [0.2, 0.25) is 0 Å². The van der Waals surface area contributed by atoms with Gasteiger partial charge in [0.05, 0.1) is 5.69 Å². The number of halogens is 2. The lowest BCUT2D eigenvalue weighted by Gasteiger charge is -2.16. The smallest absolute Gasteiger partial charge is 0.323 e. The molecule has 0 bridgehead atoms. The minimum Gasteiger partial charge on any atom is -0.323 e. The second kappa shape index (κ2) is 5.14. The van der Waals surface area contributed by atoms with Crippen LogP contribution in [0.5, 0.6) is 0 Å². The van der Waals surface area contributed by atoms with Crippen LogP contribution in [-0.4, -0.2) is 22.7 Å². The number of thioether (sulfide) groups is 1. The van der Waals surface area contributed by atoms with Gasteiger partial charge < -0.3 is 5.32 Å². The predicted octanol–water partition coefficient (Wildman–Crippen LogP) is 3.39. The van der Waals surface area contributed by atoms with Crippen molar-refractivity contribution in [3.05, 3.63) is 36.9 Å². The number of urea groups is 1. The van der Waals surface area contributed by atoms with Gasteiger partial charge in [-0.25, -0.2) is 9.69 Å². The second-order valence-electron chi connectivity index (χ2n) is 5.06. The average molecular weight is 312 g/mol. The molecule has 1 N–H and O–H groups in total. The van der Waals surface area contributed by atoms with Gasteiger partial charge in [-0.05, 0) is 56.0 Å². The zero-order chi connectivity index (χ0) is 15.8. The lowest BCUT2D eigenvalue weighted by molar-refractivity contribution is -0.121. The number of imide groups is 1. The lowest BCUT2D eigenvalue weighted by Crippen LogP contribution is -2.40. The molecular formula is C14H14F2N2O2S. The van der Waals surface area contributed by atoms with E-state index in [4.69, 9.17) is 0 Å². The number of hydrogen-bond acceptors (Lipinski definition) is 3. The highest BCUT2D eigenvalue weighted by molar-refractivity contribution is 8.00. The number of carbonyl (C=O) groups excluding carboxylic acids is 2. The maximum atomic E-state index is 13.2. The van der Waals surface area contributed by atoms with Gasteiger partial charge in [-0.15, -0.1) is 0 Å². The van der Waals surface area contributed by atoms with Crippen molar-refractivity contribution in [3.63, 3.8) is 0 Å². The minimum atomic E-state index is -3.07. The van der Waals surface area contributed by atoms with Crippen LogP contribution in [0.15, 0.2) is 41.8 Å². The summed E-state index contributed by atoms with van der Waals surface area (Å²) in [6.45, 7) is 6.27. The molecule has 21 heavy (non-hydrogen) atoms. The summed E-state index contributed by atoms with van der Waals surface area (Å²) in [5, 5.41) is -0.513. The van der Waals surface area contributed by atoms with E-state index >= 15 is 0 Å². The molecule has 3 amide bonds. The van der Waals surface area contributed by atoms with Gasteiger partial charge in [0, 0.05) is 4.90 Å². The summed E-state index contributed by atoms with van der Waals surface area (Å²) >= 11 is 0.343. The summed E-state index contributed by atoms with van der Waals surface area (Å²) in [6, 6.07) is 5.26. The Morgan fingerprint density at radius 3 is 2.29 bits per heavy atom. The number of nitrogens with zero attached hydrogens (tertiary/aromatic N) is 1. The maximum absolute atomic E-state index is 13.2. The Kier molecular flexibility index (Phi) is 3.79. The van der Waals surface area contributed by atoms with Crippen molar-refractivity contribution in [1.29, 1.82) is 0 Å². The molecule has 1 aromatic rings. The van der Waals surface area contributed by atoms with Crippen LogP contribution in [0.4, 0.5) is 19.3 Å². The van der Waals surface area contributed by atoms with E-state index < -0.39 is 16.8 Å². The van der Waals surface area contributed by atoms with Gasteiger partial charge in [0.1, 0.15) is 5.54 Å². The molecule has 0 aliphatic carbocycles. The van der Waals surface area contributed by atoms with Crippen molar-refractivity contribution in [2.24, 2.45) is 0 Å². The van der Waals surface area contributed by atoms with E-state index in [-0.39, 0.29) is 5.91 Å². The first-order valence-corrected chi connectivity index (χ1v) is 6.95. The molecule has 1 aromatic carbocycles. The lowest BCUT2D eigenvalue weighted by atomic mass is 10.1. The van der Waals surface area contributed by atoms with Gasteiger partial charge in [-0.3, -0.25) is 4.79 Å². The molecule has 0 atom stereocenters. The van der Waals surface area contributed by atoms with E-state index in [1.165, 1.54) is 24.3 Å². The summed E-state index contributed by atoms with van der Waals surface area (Å²) in [5.74, 6) is -0.385. The number of hydrogen-bond donors (Lipinski definition) is 1. The van der Waals surface area contributed by atoms with E-state index in [1.807, 2.05) is 0 Å². The van der Waals surface area contributed by atoms with Crippen LogP contribution in [0.3, 0.4) is 0 Å². The standard InChI is InChI=1S/C14H14F2N2O2S/c1-4-14(15,16)21-10-7-5-9(6-8-10)18-11(19)13(2,3)17-12(18)20/h4-8H,1H2,2-3H3,(H,17,20). The van der Waals surface area contributed by atoms with E-state index in [2.05, 4.69) is 11.9 Å². The molecule has 0 aromatic heterocycles. The van der Waals surface area contributed by atoms with Crippen LogP contribution < -0.4 is 10.2 Å². The third-order valence-corrected chi connectivity index (χ3v) is 3.89. The van der Waals surface area contributed by atoms with Gasteiger partial charge in [-0.1, -0.05) is 6.58 Å². The van der Waals surface area contributed by atoms with Crippen molar-refractivity contribution >= 4 is 29.4 Å². The molecule has 2 rings (SSSR count). The molecule has 0 saturated carbocycles. The molecule has 0 spiro atoms. The molecular weight excluding hydrogens is 298 g/mol. The molecule has 0 radical (unpaired) electrons. The Labute approximate surface area is 125 Å². The molecule has 1 fully saturated rings. The van der Waals surface area contributed by atoms with Gasteiger partial charge in [0.25, 0.3) is 5.91 Å². The fourth-order valence-corrected chi connectivity index (χ4v) is 2.51. The Bertz CT molecular complexity index is 599. The zero-order valence-corrected chi connectivity index (χ0v) is 12.3. The van der Waals surface area contributed by atoms with Crippen LogP contribution in [0.1, 0.15) is 13.8 Å². The molecule has 1 saturated heterocycles. The van der Waals surface area contributed by atoms with Crippen molar-refractivity contribution < 1.29 is 18.4 Å². The number of benzene rings is 1. The molecule has 0 unspecified atom stereocenters. The van der Waals surface area contributed by atoms with Crippen molar-refractivity contribution in [3.8, 4) is 0 Å². The number of rotatable bonds is 4.